The van der Waals surface area contributed by atoms with Crippen molar-refractivity contribution in [2.24, 2.45) is 0 Å². The third-order valence-electron chi connectivity index (χ3n) is 7.15. The number of carbonyl (C=O) groups is 2. The molecule has 6 aromatic rings. The van der Waals surface area contributed by atoms with Gasteiger partial charge in [0.25, 0.3) is 0 Å². The highest BCUT2D eigenvalue weighted by Crippen LogP contribution is 2.39. The Hall–Kier alpha value is -6.14. The highest BCUT2D eigenvalue weighted by Gasteiger charge is 2.13. The Morgan fingerprint density at radius 2 is 0.636 bits per heavy atom. The molecule has 6 nitrogen and oxygen atoms in total. The fourth-order valence-corrected chi connectivity index (χ4v) is 4.95. The van der Waals surface area contributed by atoms with Gasteiger partial charge in [-0.2, -0.15) is 0 Å². The first-order valence-electron chi connectivity index (χ1n) is 13.9. The Kier molecular flexibility index (Phi) is 7.88. The molecule has 0 unspecified atom stereocenters. The molecular formula is C38H26O6. The van der Waals surface area contributed by atoms with Gasteiger partial charge in [0.2, 0.25) is 0 Å². The molecule has 0 aromatic heterocycles. The van der Waals surface area contributed by atoms with E-state index in [1.165, 1.54) is 24.3 Å². The Morgan fingerprint density at radius 1 is 0.364 bits per heavy atom. The van der Waals surface area contributed by atoms with Crippen molar-refractivity contribution in [2.75, 3.05) is 0 Å². The molecule has 0 atom stereocenters. The standard InChI is InChI=1S/C38H26O6/c39-37(40)27-13-21-31(22-14-27)43-29-17-9-25(10-18-29)33-5-1-3-7-35(33)36-8-4-2-6-34(36)26-11-19-30(20-12-26)44-32-23-15-28(16-24-32)38(41)42/h1-24H,(H,39,40)(H,41,42). The molecule has 0 saturated carbocycles. The first kappa shape index (κ1) is 28.0. The summed E-state index contributed by atoms with van der Waals surface area (Å²) < 4.78 is 11.9. The molecule has 6 heteroatoms. The maximum Gasteiger partial charge on any atom is 0.335 e. The number of benzene rings is 6. The fraction of sp³-hybridized carbons (Fsp3) is 0. The predicted octanol–water partition coefficient (Wildman–Crippen LogP) is 9.67. The third-order valence-corrected chi connectivity index (χ3v) is 7.15. The van der Waals surface area contributed by atoms with Gasteiger partial charge in [-0.3, -0.25) is 0 Å². The van der Waals surface area contributed by atoms with Crippen molar-refractivity contribution in [2.45, 2.75) is 0 Å². The topological polar surface area (TPSA) is 93.1 Å². The van der Waals surface area contributed by atoms with Gasteiger partial charge in [0.05, 0.1) is 11.1 Å². The lowest BCUT2D eigenvalue weighted by atomic mass is 9.89. The Balaban J connectivity index is 1.24. The molecule has 2 N–H and O–H groups in total. The van der Waals surface area contributed by atoms with Crippen LogP contribution in [0.2, 0.25) is 0 Å². The first-order chi connectivity index (χ1) is 21.4. The SMILES string of the molecule is O=C(O)c1ccc(Oc2ccc(-c3ccccc3-c3ccccc3-c3ccc(Oc4ccc(C(=O)O)cc4)cc3)cc2)cc1. The number of ether oxygens (including phenoxy) is 2. The van der Waals surface area contributed by atoms with E-state index in [1.54, 1.807) is 24.3 Å². The highest BCUT2D eigenvalue weighted by molar-refractivity contribution is 5.92. The lowest BCUT2D eigenvalue weighted by Gasteiger charge is -2.15. The molecule has 0 saturated heterocycles. The molecule has 0 bridgehead atoms. The molecule has 0 amide bonds. The fourth-order valence-electron chi connectivity index (χ4n) is 4.95. The summed E-state index contributed by atoms with van der Waals surface area (Å²) in [6.07, 6.45) is 0. The number of hydrogen-bond donors (Lipinski definition) is 2. The molecule has 0 fully saturated rings. The smallest absolute Gasteiger partial charge is 0.335 e. The first-order valence-corrected chi connectivity index (χ1v) is 13.9. The van der Waals surface area contributed by atoms with Crippen LogP contribution in [0.3, 0.4) is 0 Å². The second-order valence-electron chi connectivity index (χ2n) is 10.0. The number of aromatic carboxylic acids is 2. The van der Waals surface area contributed by atoms with Crippen LogP contribution in [0.5, 0.6) is 23.0 Å². The van der Waals surface area contributed by atoms with E-state index in [2.05, 4.69) is 24.3 Å². The van der Waals surface area contributed by atoms with Crippen LogP contribution in [0.4, 0.5) is 0 Å². The van der Waals surface area contributed by atoms with E-state index in [0.29, 0.717) is 23.0 Å². The van der Waals surface area contributed by atoms with Crippen LogP contribution in [0.15, 0.2) is 146 Å². The van der Waals surface area contributed by atoms with Crippen LogP contribution in [-0.4, -0.2) is 22.2 Å². The summed E-state index contributed by atoms with van der Waals surface area (Å²) in [5, 5.41) is 18.2. The minimum absolute atomic E-state index is 0.207. The second-order valence-corrected chi connectivity index (χ2v) is 10.0. The van der Waals surface area contributed by atoms with Crippen molar-refractivity contribution in [3.63, 3.8) is 0 Å². The molecule has 0 aliphatic carbocycles. The zero-order valence-corrected chi connectivity index (χ0v) is 23.4. The highest BCUT2D eigenvalue weighted by atomic mass is 16.5. The van der Waals surface area contributed by atoms with Gasteiger partial charge in [0.1, 0.15) is 23.0 Å². The molecule has 0 aliphatic heterocycles. The maximum absolute atomic E-state index is 11.1. The van der Waals surface area contributed by atoms with Gasteiger partial charge in [0, 0.05) is 0 Å². The van der Waals surface area contributed by atoms with Crippen LogP contribution in [0.1, 0.15) is 20.7 Å². The van der Waals surface area contributed by atoms with E-state index in [0.717, 1.165) is 33.4 Å². The van der Waals surface area contributed by atoms with Gasteiger partial charge in [0.15, 0.2) is 0 Å². The Labute approximate surface area is 254 Å². The molecule has 44 heavy (non-hydrogen) atoms. The van der Waals surface area contributed by atoms with Gasteiger partial charge in [-0.15, -0.1) is 0 Å². The summed E-state index contributed by atoms with van der Waals surface area (Å²) in [5.74, 6) is 0.460. The minimum atomic E-state index is -0.978. The van der Waals surface area contributed by atoms with Crippen molar-refractivity contribution < 1.29 is 29.3 Å². The van der Waals surface area contributed by atoms with E-state index in [-0.39, 0.29) is 11.1 Å². The van der Waals surface area contributed by atoms with Crippen molar-refractivity contribution >= 4 is 11.9 Å². The second kappa shape index (κ2) is 12.4. The quantitative estimate of drug-likeness (QED) is 0.177. The van der Waals surface area contributed by atoms with Crippen molar-refractivity contribution in [3.05, 3.63) is 157 Å². The molecule has 0 aliphatic rings. The van der Waals surface area contributed by atoms with Crippen LogP contribution in [-0.2, 0) is 0 Å². The summed E-state index contributed by atoms with van der Waals surface area (Å²) in [7, 11) is 0. The van der Waals surface area contributed by atoms with Crippen molar-refractivity contribution in [3.8, 4) is 56.4 Å². The van der Waals surface area contributed by atoms with Crippen LogP contribution in [0.25, 0.3) is 33.4 Å². The molecule has 0 spiro atoms. The predicted molar refractivity (Wildman–Crippen MR) is 170 cm³/mol. The zero-order valence-electron chi connectivity index (χ0n) is 23.4. The van der Waals surface area contributed by atoms with E-state index < -0.39 is 11.9 Å². The molecule has 6 aromatic carbocycles. The van der Waals surface area contributed by atoms with Gasteiger partial charge >= 0.3 is 11.9 Å². The minimum Gasteiger partial charge on any atom is -0.478 e. The molecule has 0 radical (unpaired) electrons. The van der Waals surface area contributed by atoms with Gasteiger partial charge in [-0.1, -0.05) is 72.8 Å². The summed E-state index contributed by atoms with van der Waals surface area (Å²) >= 11 is 0. The lowest BCUT2D eigenvalue weighted by Crippen LogP contribution is -1.95. The average Bonchev–Trinajstić information content (AvgIpc) is 3.06. The zero-order chi connectivity index (χ0) is 30.5. The van der Waals surface area contributed by atoms with Crippen LogP contribution >= 0.6 is 0 Å². The monoisotopic (exact) mass is 578 g/mol. The van der Waals surface area contributed by atoms with Gasteiger partial charge in [-0.25, -0.2) is 9.59 Å². The van der Waals surface area contributed by atoms with E-state index in [1.807, 2.05) is 72.8 Å². The molecular weight excluding hydrogens is 552 g/mol. The normalized spacial score (nSPS) is 10.6. The maximum atomic E-state index is 11.1. The summed E-state index contributed by atoms with van der Waals surface area (Å²) in [5.41, 5.74) is 6.78. The van der Waals surface area contributed by atoms with E-state index in [4.69, 9.17) is 19.7 Å². The third kappa shape index (κ3) is 6.20. The summed E-state index contributed by atoms with van der Waals surface area (Å²) in [6, 6.07) is 44.8. The Bertz CT molecular complexity index is 1780. The molecule has 0 heterocycles. The van der Waals surface area contributed by atoms with Crippen LogP contribution in [0, 0.1) is 0 Å². The molecule has 214 valence electrons. The number of hydrogen-bond acceptors (Lipinski definition) is 4. The average molecular weight is 579 g/mol. The Morgan fingerprint density at radius 3 is 0.932 bits per heavy atom. The largest absolute Gasteiger partial charge is 0.478 e. The number of rotatable bonds is 9. The summed E-state index contributed by atoms with van der Waals surface area (Å²) in [4.78, 5) is 22.2. The van der Waals surface area contributed by atoms with Crippen molar-refractivity contribution in [1.82, 2.24) is 0 Å². The van der Waals surface area contributed by atoms with Gasteiger partial charge < -0.3 is 19.7 Å². The van der Waals surface area contributed by atoms with E-state index >= 15 is 0 Å². The van der Waals surface area contributed by atoms with E-state index in [9.17, 15) is 9.59 Å². The number of carboxylic acid groups (broad SMARTS) is 2. The number of carboxylic acids is 2. The molecule has 6 rings (SSSR count). The van der Waals surface area contributed by atoms with Crippen molar-refractivity contribution in [1.29, 1.82) is 0 Å². The van der Waals surface area contributed by atoms with Gasteiger partial charge in [-0.05, 0) is 106 Å². The van der Waals surface area contributed by atoms with Crippen LogP contribution < -0.4 is 9.47 Å². The lowest BCUT2D eigenvalue weighted by molar-refractivity contribution is 0.0686. The summed E-state index contributed by atoms with van der Waals surface area (Å²) in [6.45, 7) is 0.